The van der Waals surface area contributed by atoms with Gasteiger partial charge in [-0.2, -0.15) is 0 Å². The number of alkyl halides is 1. The van der Waals surface area contributed by atoms with E-state index in [9.17, 15) is 0 Å². The first-order chi connectivity index (χ1) is 7.46. The van der Waals surface area contributed by atoms with E-state index in [-0.39, 0.29) is 4.87 Å². The van der Waals surface area contributed by atoms with Crippen LogP contribution in [0.4, 0.5) is 0 Å². The van der Waals surface area contributed by atoms with Crippen molar-refractivity contribution in [2.75, 3.05) is 0 Å². The summed E-state index contributed by atoms with van der Waals surface area (Å²) in [5.41, 5.74) is 4.18. The Morgan fingerprint density at radius 3 is 2.38 bits per heavy atom. The van der Waals surface area contributed by atoms with Gasteiger partial charge in [0.2, 0.25) is 0 Å². The molecule has 1 aromatic carbocycles. The van der Waals surface area contributed by atoms with Crippen molar-refractivity contribution in [1.82, 2.24) is 0 Å². The molecule has 0 aromatic heterocycles. The maximum Gasteiger partial charge on any atom is 0.0456 e. The number of allylic oxidation sites excluding steroid dienone is 1. The van der Waals surface area contributed by atoms with Crippen LogP contribution in [-0.2, 0) is 6.42 Å². The fraction of sp³-hybridized carbons (Fsp3) is 0.467. The second-order valence-electron chi connectivity index (χ2n) is 4.78. The molecule has 0 nitrogen and oxygen atoms in total. The third-order valence-corrected chi connectivity index (χ3v) is 3.45. The highest BCUT2D eigenvalue weighted by Gasteiger charge is 2.19. The van der Waals surface area contributed by atoms with Crippen LogP contribution in [-0.4, -0.2) is 4.87 Å². The fourth-order valence-electron chi connectivity index (χ4n) is 2.03. The van der Waals surface area contributed by atoms with Gasteiger partial charge >= 0.3 is 0 Å². The van der Waals surface area contributed by atoms with E-state index >= 15 is 0 Å². The van der Waals surface area contributed by atoms with Gasteiger partial charge in [0.15, 0.2) is 0 Å². The van der Waals surface area contributed by atoms with Gasteiger partial charge in [-0.1, -0.05) is 24.3 Å². The second kappa shape index (κ2) is 5.54. The Labute approximate surface area is 104 Å². The summed E-state index contributed by atoms with van der Waals surface area (Å²) in [7, 11) is 0. The average Bonchev–Trinajstić information content (AvgIpc) is 2.16. The van der Waals surface area contributed by atoms with Crippen molar-refractivity contribution in [2.45, 2.75) is 44.9 Å². The molecule has 0 aliphatic heterocycles. The molecule has 0 aliphatic rings. The summed E-state index contributed by atoms with van der Waals surface area (Å²) in [4.78, 5) is -0.156. The minimum Gasteiger partial charge on any atom is -0.119 e. The van der Waals surface area contributed by atoms with Gasteiger partial charge in [0.1, 0.15) is 0 Å². The molecule has 1 atom stereocenters. The molecule has 0 fully saturated rings. The maximum atomic E-state index is 6.42. The van der Waals surface area contributed by atoms with Crippen LogP contribution in [0.1, 0.15) is 36.5 Å². The second-order valence-corrected chi connectivity index (χ2v) is 5.69. The Morgan fingerprint density at radius 2 is 1.88 bits per heavy atom. The van der Waals surface area contributed by atoms with E-state index in [2.05, 4.69) is 45.5 Å². The van der Waals surface area contributed by atoms with Crippen LogP contribution in [0, 0.1) is 13.8 Å². The average molecular weight is 237 g/mol. The normalized spacial score (nSPS) is 14.5. The Bertz CT molecular complexity index is 343. The van der Waals surface area contributed by atoms with E-state index in [0.717, 1.165) is 19.3 Å². The van der Waals surface area contributed by atoms with Crippen molar-refractivity contribution in [1.29, 1.82) is 0 Å². The zero-order valence-electron chi connectivity index (χ0n) is 10.5. The van der Waals surface area contributed by atoms with Crippen molar-refractivity contribution in [2.24, 2.45) is 0 Å². The summed E-state index contributed by atoms with van der Waals surface area (Å²) >= 11 is 6.42. The lowest BCUT2D eigenvalue weighted by Gasteiger charge is -2.21. The van der Waals surface area contributed by atoms with Gasteiger partial charge in [-0.15, -0.1) is 18.2 Å². The molecule has 1 unspecified atom stereocenters. The topological polar surface area (TPSA) is 0 Å². The Balaban J connectivity index is 2.71. The minimum absolute atomic E-state index is 0.156. The first-order valence-corrected chi connectivity index (χ1v) is 6.19. The number of aryl methyl sites for hydroxylation is 2. The summed E-state index contributed by atoms with van der Waals surface area (Å²) in [6.45, 7) is 10.2. The highest BCUT2D eigenvalue weighted by molar-refractivity contribution is 6.23. The summed E-state index contributed by atoms with van der Waals surface area (Å²) in [5, 5.41) is 0. The summed E-state index contributed by atoms with van der Waals surface area (Å²) in [6, 6.07) is 6.45. The smallest absolute Gasteiger partial charge is 0.0456 e. The largest absolute Gasteiger partial charge is 0.119 e. The molecular weight excluding hydrogens is 216 g/mol. The van der Waals surface area contributed by atoms with Crippen LogP contribution in [0.3, 0.4) is 0 Å². The SMILES string of the molecule is C=CCC(C)(Cl)CCc1c(C)cccc1C. The van der Waals surface area contributed by atoms with Crippen molar-refractivity contribution in [3.63, 3.8) is 0 Å². The molecule has 0 spiro atoms. The highest BCUT2D eigenvalue weighted by Crippen LogP contribution is 2.27. The molecule has 0 saturated carbocycles. The van der Waals surface area contributed by atoms with Gasteiger partial charge < -0.3 is 0 Å². The molecule has 0 bridgehead atoms. The molecule has 0 amide bonds. The molecule has 0 saturated heterocycles. The Kier molecular flexibility index (Phi) is 4.61. The highest BCUT2D eigenvalue weighted by atomic mass is 35.5. The van der Waals surface area contributed by atoms with Crippen LogP contribution < -0.4 is 0 Å². The zero-order valence-corrected chi connectivity index (χ0v) is 11.3. The molecule has 1 rings (SSSR count). The molecule has 0 heterocycles. The quantitative estimate of drug-likeness (QED) is 0.509. The van der Waals surface area contributed by atoms with E-state index in [1.165, 1.54) is 16.7 Å². The number of hydrogen-bond acceptors (Lipinski definition) is 0. The predicted octanol–water partition coefficient (Wildman–Crippen LogP) is 4.81. The lowest BCUT2D eigenvalue weighted by molar-refractivity contribution is 0.580. The third kappa shape index (κ3) is 3.68. The molecule has 88 valence electrons. The van der Waals surface area contributed by atoms with Crippen LogP contribution in [0.15, 0.2) is 30.9 Å². The van der Waals surface area contributed by atoms with Gasteiger partial charge in [-0.25, -0.2) is 0 Å². The number of halogens is 1. The summed E-state index contributed by atoms with van der Waals surface area (Å²) in [6.07, 6.45) is 4.80. The van der Waals surface area contributed by atoms with E-state index < -0.39 is 0 Å². The van der Waals surface area contributed by atoms with E-state index in [1.807, 2.05) is 6.08 Å². The molecule has 0 N–H and O–H groups in total. The number of hydrogen-bond donors (Lipinski definition) is 0. The standard InChI is InChI=1S/C15H21Cl/c1-5-10-15(4,16)11-9-14-12(2)7-6-8-13(14)3/h5-8H,1,9-11H2,2-4H3. The Morgan fingerprint density at radius 1 is 1.31 bits per heavy atom. The van der Waals surface area contributed by atoms with Crippen molar-refractivity contribution in [3.8, 4) is 0 Å². The van der Waals surface area contributed by atoms with Crippen LogP contribution in [0.25, 0.3) is 0 Å². The van der Waals surface area contributed by atoms with Gasteiger partial charge in [0.05, 0.1) is 0 Å². The lowest BCUT2D eigenvalue weighted by atomic mass is 9.93. The maximum absolute atomic E-state index is 6.42. The predicted molar refractivity (Wildman–Crippen MR) is 73.3 cm³/mol. The third-order valence-electron chi connectivity index (χ3n) is 3.11. The molecule has 0 aliphatic carbocycles. The van der Waals surface area contributed by atoms with E-state index in [0.29, 0.717) is 0 Å². The van der Waals surface area contributed by atoms with E-state index in [1.54, 1.807) is 0 Å². The first-order valence-electron chi connectivity index (χ1n) is 5.81. The van der Waals surface area contributed by atoms with E-state index in [4.69, 9.17) is 11.6 Å². The van der Waals surface area contributed by atoms with Crippen molar-refractivity contribution in [3.05, 3.63) is 47.5 Å². The van der Waals surface area contributed by atoms with Crippen LogP contribution in [0.2, 0.25) is 0 Å². The first kappa shape index (κ1) is 13.3. The minimum atomic E-state index is -0.156. The van der Waals surface area contributed by atoms with Crippen LogP contribution in [0.5, 0.6) is 0 Å². The van der Waals surface area contributed by atoms with Gasteiger partial charge in [-0.05, 0) is 56.7 Å². The van der Waals surface area contributed by atoms with Crippen molar-refractivity contribution >= 4 is 11.6 Å². The fourth-order valence-corrected chi connectivity index (χ4v) is 2.24. The van der Waals surface area contributed by atoms with Crippen molar-refractivity contribution < 1.29 is 0 Å². The van der Waals surface area contributed by atoms with Gasteiger partial charge in [0.25, 0.3) is 0 Å². The number of rotatable bonds is 5. The molecule has 1 heteroatoms. The molecule has 1 aromatic rings. The zero-order chi connectivity index (χ0) is 12.2. The van der Waals surface area contributed by atoms with Gasteiger partial charge in [-0.3, -0.25) is 0 Å². The summed E-state index contributed by atoms with van der Waals surface area (Å²) in [5.74, 6) is 0. The molecular formula is C15H21Cl. The monoisotopic (exact) mass is 236 g/mol. The Hall–Kier alpha value is -0.750. The lowest BCUT2D eigenvalue weighted by Crippen LogP contribution is -2.16. The van der Waals surface area contributed by atoms with Crippen LogP contribution >= 0.6 is 11.6 Å². The molecule has 16 heavy (non-hydrogen) atoms. The van der Waals surface area contributed by atoms with Gasteiger partial charge in [0, 0.05) is 4.87 Å². The number of benzene rings is 1. The summed E-state index contributed by atoms with van der Waals surface area (Å²) < 4.78 is 0. The molecule has 0 radical (unpaired) electrons.